The third-order valence-corrected chi connectivity index (χ3v) is 3.24. The van der Waals surface area contributed by atoms with Crippen LogP contribution < -0.4 is 15.2 Å². The normalized spacial score (nSPS) is 13.3. The van der Waals surface area contributed by atoms with Gasteiger partial charge < -0.3 is 15.2 Å². The molecule has 0 fully saturated rings. The Morgan fingerprint density at radius 2 is 1.68 bits per heavy atom. The van der Waals surface area contributed by atoms with Crippen molar-refractivity contribution in [1.29, 1.82) is 0 Å². The van der Waals surface area contributed by atoms with E-state index in [4.69, 9.17) is 15.2 Å². The van der Waals surface area contributed by atoms with Gasteiger partial charge in [0.15, 0.2) is 11.5 Å². The highest BCUT2D eigenvalue weighted by atomic mass is 16.6. The molecule has 0 amide bonds. The van der Waals surface area contributed by atoms with Crippen LogP contribution in [0.5, 0.6) is 11.5 Å². The standard InChI is InChI=1S/C16H17NO2/c17-7-6-12-2-1-3-13(10-12)14-4-5-15-16(11-14)19-9-8-18-15/h1-5,10-11H,6-9,17H2. The molecule has 0 unspecified atom stereocenters. The summed E-state index contributed by atoms with van der Waals surface area (Å²) in [5, 5.41) is 0. The summed E-state index contributed by atoms with van der Waals surface area (Å²) in [6.07, 6.45) is 0.901. The molecule has 2 N–H and O–H groups in total. The Kier molecular flexibility index (Phi) is 3.38. The van der Waals surface area contributed by atoms with Crippen LogP contribution in [0.25, 0.3) is 11.1 Å². The van der Waals surface area contributed by atoms with Gasteiger partial charge in [-0.2, -0.15) is 0 Å². The minimum atomic E-state index is 0.615. The molecule has 1 aliphatic heterocycles. The van der Waals surface area contributed by atoms with E-state index in [1.807, 2.05) is 12.1 Å². The molecule has 3 nitrogen and oxygen atoms in total. The van der Waals surface area contributed by atoms with Gasteiger partial charge in [0.25, 0.3) is 0 Å². The van der Waals surface area contributed by atoms with Gasteiger partial charge in [0.05, 0.1) is 0 Å². The molecule has 0 radical (unpaired) electrons. The third kappa shape index (κ3) is 2.56. The van der Waals surface area contributed by atoms with Gasteiger partial charge in [-0.15, -0.1) is 0 Å². The summed E-state index contributed by atoms with van der Waals surface area (Å²) >= 11 is 0. The van der Waals surface area contributed by atoms with Crippen LogP contribution in [-0.4, -0.2) is 19.8 Å². The van der Waals surface area contributed by atoms with Gasteiger partial charge >= 0.3 is 0 Å². The number of hydrogen-bond donors (Lipinski definition) is 1. The van der Waals surface area contributed by atoms with Crippen molar-refractivity contribution < 1.29 is 9.47 Å². The van der Waals surface area contributed by atoms with E-state index in [1.165, 1.54) is 11.1 Å². The molecule has 1 heterocycles. The highest BCUT2D eigenvalue weighted by Gasteiger charge is 2.12. The average Bonchev–Trinajstić information content (AvgIpc) is 2.47. The van der Waals surface area contributed by atoms with Gasteiger partial charge in [0.2, 0.25) is 0 Å². The maximum absolute atomic E-state index is 5.62. The Morgan fingerprint density at radius 1 is 0.895 bits per heavy atom. The van der Waals surface area contributed by atoms with Gasteiger partial charge in [-0.25, -0.2) is 0 Å². The van der Waals surface area contributed by atoms with E-state index in [0.29, 0.717) is 19.8 Å². The van der Waals surface area contributed by atoms with E-state index < -0.39 is 0 Å². The highest BCUT2D eigenvalue weighted by Crippen LogP contribution is 2.34. The van der Waals surface area contributed by atoms with E-state index in [0.717, 1.165) is 23.5 Å². The number of fused-ring (bicyclic) bond motifs is 1. The fraction of sp³-hybridized carbons (Fsp3) is 0.250. The van der Waals surface area contributed by atoms with Crippen molar-refractivity contribution in [2.24, 2.45) is 5.73 Å². The van der Waals surface area contributed by atoms with E-state index in [9.17, 15) is 0 Å². The fourth-order valence-electron chi connectivity index (χ4n) is 2.30. The minimum absolute atomic E-state index is 0.615. The number of rotatable bonds is 3. The van der Waals surface area contributed by atoms with Crippen molar-refractivity contribution in [3.8, 4) is 22.6 Å². The van der Waals surface area contributed by atoms with Crippen LogP contribution in [0.15, 0.2) is 42.5 Å². The first-order valence-electron chi connectivity index (χ1n) is 6.56. The quantitative estimate of drug-likeness (QED) is 0.917. The van der Waals surface area contributed by atoms with Crippen LogP contribution in [0.2, 0.25) is 0 Å². The van der Waals surface area contributed by atoms with Crippen molar-refractivity contribution in [3.63, 3.8) is 0 Å². The van der Waals surface area contributed by atoms with Crippen LogP contribution in [0.1, 0.15) is 5.56 Å². The molecule has 0 aliphatic carbocycles. The molecular weight excluding hydrogens is 238 g/mol. The lowest BCUT2D eigenvalue weighted by Crippen LogP contribution is -2.15. The average molecular weight is 255 g/mol. The van der Waals surface area contributed by atoms with E-state index in [-0.39, 0.29) is 0 Å². The second kappa shape index (κ2) is 5.33. The topological polar surface area (TPSA) is 44.5 Å². The van der Waals surface area contributed by atoms with Gasteiger partial charge in [0, 0.05) is 0 Å². The number of benzene rings is 2. The summed E-state index contributed by atoms with van der Waals surface area (Å²) in [5.74, 6) is 1.65. The first-order chi connectivity index (χ1) is 9.36. The van der Waals surface area contributed by atoms with E-state index in [2.05, 4.69) is 30.3 Å². The van der Waals surface area contributed by atoms with Crippen LogP contribution in [-0.2, 0) is 6.42 Å². The SMILES string of the molecule is NCCc1cccc(-c2ccc3c(c2)OCCO3)c1. The summed E-state index contributed by atoms with van der Waals surface area (Å²) in [7, 11) is 0. The van der Waals surface area contributed by atoms with Crippen LogP contribution in [0.4, 0.5) is 0 Å². The van der Waals surface area contributed by atoms with E-state index in [1.54, 1.807) is 0 Å². The largest absolute Gasteiger partial charge is 0.486 e. The molecule has 0 bridgehead atoms. The molecular formula is C16H17NO2. The van der Waals surface area contributed by atoms with E-state index >= 15 is 0 Å². The van der Waals surface area contributed by atoms with Crippen LogP contribution in [0, 0.1) is 0 Å². The van der Waals surface area contributed by atoms with Crippen molar-refractivity contribution >= 4 is 0 Å². The maximum atomic E-state index is 5.62. The van der Waals surface area contributed by atoms with Crippen molar-refractivity contribution in [1.82, 2.24) is 0 Å². The monoisotopic (exact) mass is 255 g/mol. The summed E-state index contributed by atoms with van der Waals surface area (Å²) in [6.45, 7) is 1.91. The smallest absolute Gasteiger partial charge is 0.161 e. The van der Waals surface area contributed by atoms with Crippen molar-refractivity contribution in [2.45, 2.75) is 6.42 Å². The summed E-state index contributed by atoms with van der Waals surface area (Å²) in [4.78, 5) is 0. The summed E-state index contributed by atoms with van der Waals surface area (Å²) in [5.41, 5.74) is 9.19. The second-order valence-electron chi connectivity index (χ2n) is 4.60. The second-order valence-corrected chi connectivity index (χ2v) is 4.60. The summed E-state index contributed by atoms with van der Waals surface area (Å²) in [6, 6.07) is 14.5. The fourth-order valence-corrected chi connectivity index (χ4v) is 2.30. The lowest BCUT2D eigenvalue weighted by molar-refractivity contribution is 0.171. The molecule has 2 aromatic rings. The molecule has 0 spiro atoms. The molecule has 1 aliphatic rings. The Labute approximate surface area is 113 Å². The zero-order valence-corrected chi connectivity index (χ0v) is 10.8. The highest BCUT2D eigenvalue weighted by molar-refractivity contribution is 5.68. The predicted octanol–water partition coefficient (Wildman–Crippen LogP) is 2.63. The van der Waals surface area contributed by atoms with Crippen molar-refractivity contribution in [2.75, 3.05) is 19.8 Å². The lowest BCUT2D eigenvalue weighted by Gasteiger charge is -2.19. The van der Waals surface area contributed by atoms with Crippen molar-refractivity contribution in [3.05, 3.63) is 48.0 Å². The summed E-state index contributed by atoms with van der Waals surface area (Å²) < 4.78 is 11.2. The third-order valence-electron chi connectivity index (χ3n) is 3.24. The zero-order chi connectivity index (χ0) is 13.1. The minimum Gasteiger partial charge on any atom is -0.486 e. The van der Waals surface area contributed by atoms with Gasteiger partial charge in [-0.1, -0.05) is 30.3 Å². The molecule has 0 atom stereocenters. The van der Waals surface area contributed by atoms with Gasteiger partial charge in [-0.3, -0.25) is 0 Å². The predicted molar refractivity (Wildman–Crippen MR) is 75.6 cm³/mol. The number of ether oxygens (including phenoxy) is 2. The first-order valence-corrected chi connectivity index (χ1v) is 6.56. The molecule has 0 aromatic heterocycles. The Morgan fingerprint density at radius 3 is 2.53 bits per heavy atom. The van der Waals surface area contributed by atoms with Crippen LogP contribution in [0.3, 0.4) is 0 Å². The molecule has 0 saturated heterocycles. The number of hydrogen-bond acceptors (Lipinski definition) is 3. The Bertz CT molecular complexity index is 581. The first kappa shape index (κ1) is 12.1. The van der Waals surface area contributed by atoms with Gasteiger partial charge in [-0.05, 0) is 41.8 Å². The maximum Gasteiger partial charge on any atom is 0.161 e. The Hall–Kier alpha value is -2.00. The molecule has 3 heteroatoms. The molecule has 19 heavy (non-hydrogen) atoms. The lowest BCUT2D eigenvalue weighted by atomic mass is 10.0. The zero-order valence-electron chi connectivity index (χ0n) is 10.8. The van der Waals surface area contributed by atoms with Gasteiger partial charge in [0.1, 0.15) is 13.2 Å². The Balaban J connectivity index is 1.95. The molecule has 3 rings (SSSR count). The number of nitrogens with two attached hydrogens (primary N) is 1. The molecule has 2 aromatic carbocycles. The molecule has 98 valence electrons. The molecule has 0 saturated carbocycles. The van der Waals surface area contributed by atoms with Crippen LogP contribution >= 0.6 is 0 Å².